The molecule has 2 aromatic rings. The van der Waals surface area contributed by atoms with Crippen LogP contribution in [0, 0.1) is 0 Å². The van der Waals surface area contributed by atoms with Gasteiger partial charge >= 0.3 is 11.7 Å². The number of anilines is 1. The third kappa shape index (κ3) is 4.59. The summed E-state index contributed by atoms with van der Waals surface area (Å²) in [5.74, 6) is 1.97. The molecule has 2 amide bonds. The van der Waals surface area contributed by atoms with E-state index in [-0.39, 0.29) is 23.7 Å². The summed E-state index contributed by atoms with van der Waals surface area (Å²) >= 11 is 0. The Morgan fingerprint density at radius 2 is 1.94 bits per heavy atom. The lowest BCUT2D eigenvalue weighted by atomic mass is 9.97. The van der Waals surface area contributed by atoms with Gasteiger partial charge in [0.05, 0.1) is 27.4 Å². The smallest absolute Gasteiger partial charge is 0.346 e. The zero-order valence-electron chi connectivity index (χ0n) is 18.9. The van der Waals surface area contributed by atoms with Crippen LogP contribution in [-0.2, 0) is 11.3 Å². The summed E-state index contributed by atoms with van der Waals surface area (Å²) in [5, 5.41) is 7.59. The van der Waals surface area contributed by atoms with Gasteiger partial charge in [-0.3, -0.25) is 4.57 Å². The average molecular weight is 446 g/mol. The first kappa shape index (κ1) is 22.2. The third-order valence-corrected chi connectivity index (χ3v) is 6.02. The Morgan fingerprint density at radius 3 is 2.62 bits per heavy atom. The maximum absolute atomic E-state index is 13.0. The van der Waals surface area contributed by atoms with E-state index in [9.17, 15) is 9.59 Å². The van der Waals surface area contributed by atoms with Crippen LogP contribution in [0.25, 0.3) is 0 Å². The average Bonchev–Trinajstić information content (AvgIpc) is 3.60. The second kappa shape index (κ2) is 9.64. The molecule has 1 N–H and O–H groups in total. The van der Waals surface area contributed by atoms with Gasteiger partial charge in [-0.05, 0) is 37.8 Å². The SMILES string of the molecule is COCCn1nc(C2CCCN(C(=O)Nc3ccc(OC)c(OC)c3)C2)n(C2CC2)c1=O. The number of hydrogen-bond donors (Lipinski definition) is 1. The maximum Gasteiger partial charge on any atom is 0.346 e. The van der Waals surface area contributed by atoms with Gasteiger partial charge in [-0.25, -0.2) is 14.3 Å². The molecule has 174 valence electrons. The number of nitrogens with one attached hydrogen (secondary N) is 1. The molecule has 0 bridgehead atoms. The predicted octanol–water partition coefficient (Wildman–Crippen LogP) is 2.45. The predicted molar refractivity (Wildman–Crippen MR) is 119 cm³/mol. The summed E-state index contributed by atoms with van der Waals surface area (Å²) in [7, 11) is 4.74. The highest BCUT2D eigenvalue weighted by molar-refractivity contribution is 5.89. The molecule has 32 heavy (non-hydrogen) atoms. The number of carbonyl (C=O) groups excluding carboxylic acids is 1. The van der Waals surface area contributed by atoms with Crippen molar-refractivity contribution in [2.75, 3.05) is 46.3 Å². The van der Waals surface area contributed by atoms with Crippen LogP contribution in [0.1, 0.15) is 43.5 Å². The zero-order chi connectivity index (χ0) is 22.7. The van der Waals surface area contributed by atoms with E-state index in [4.69, 9.17) is 14.2 Å². The first-order valence-corrected chi connectivity index (χ1v) is 11.0. The van der Waals surface area contributed by atoms with Crippen LogP contribution < -0.4 is 20.5 Å². The molecule has 2 heterocycles. The molecule has 10 nitrogen and oxygen atoms in total. The first-order valence-electron chi connectivity index (χ1n) is 11.0. The number of piperidine rings is 1. The monoisotopic (exact) mass is 445 g/mol. The Kier molecular flexibility index (Phi) is 6.69. The maximum atomic E-state index is 13.0. The van der Waals surface area contributed by atoms with Crippen molar-refractivity contribution in [1.29, 1.82) is 0 Å². The van der Waals surface area contributed by atoms with Gasteiger partial charge in [-0.2, -0.15) is 5.10 Å². The van der Waals surface area contributed by atoms with Gasteiger partial charge in [0.1, 0.15) is 5.82 Å². The van der Waals surface area contributed by atoms with Crippen LogP contribution in [0.5, 0.6) is 11.5 Å². The summed E-state index contributed by atoms with van der Waals surface area (Å²) in [6.45, 7) is 2.05. The number of nitrogens with zero attached hydrogens (tertiary/aromatic N) is 4. The number of likely N-dealkylation sites (tertiary alicyclic amines) is 1. The minimum atomic E-state index is -0.180. The molecular weight excluding hydrogens is 414 g/mol. The van der Waals surface area contributed by atoms with E-state index in [1.807, 2.05) is 4.57 Å². The van der Waals surface area contributed by atoms with Crippen molar-refractivity contribution < 1.29 is 19.0 Å². The molecule has 1 atom stereocenters. The fourth-order valence-electron chi connectivity index (χ4n) is 4.20. The molecule has 1 aromatic carbocycles. The number of hydrogen-bond acceptors (Lipinski definition) is 6. The summed E-state index contributed by atoms with van der Waals surface area (Å²) in [5.41, 5.74) is 0.556. The zero-order valence-corrected chi connectivity index (χ0v) is 18.9. The van der Waals surface area contributed by atoms with E-state index in [1.54, 1.807) is 44.4 Å². The minimum absolute atomic E-state index is 0.0250. The second-order valence-corrected chi connectivity index (χ2v) is 8.24. The molecule has 1 saturated heterocycles. The Bertz CT molecular complexity index is 1010. The Labute approximate surface area is 187 Å². The number of urea groups is 1. The molecule has 0 radical (unpaired) electrons. The summed E-state index contributed by atoms with van der Waals surface area (Å²) in [6.07, 6.45) is 3.75. The molecule has 4 rings (SSSR count). The van der Waals surface area contributed by atoms with E-state index in [2.05, 4.69) is 10.4 Å². The Balaban J connectivity index is 1.49. The normalized spacial score (nSPS) is 18.5. The van der Waals surface area contributed by atoms with Crippen LogP contribution in [-0.4, -0.2) is 66.3 Å². The molecule has 1 aromatic heterocycles. The van der Waals surface area contributed by atoms with Crippen LogP contribution in [0.3, 0.4) is 0 Å². The molecule has 1 aliphatic carbocycles. The van der Waals surface area contributed by atoms with Gasteiger partial charge in [0, 0.05) is 43.9 Å². The van der Waals surface area contributed by atoms with Crippen LogP contribution in [0.2, 0.25) is 0 Å². The van der Waals surface area contributed by atoms with E-state index < -0.39 is 0 Å². The molecule has 0 spiro atoms. The van der Waals surface area contributed by atoms with Crippen LogP contribution in [0.4, 0.5) is 10.5 Å². The van der Waals surface area contributed by atoms with Gasteiger partial charge in [0.15, 0.2) is 11.5 Å². The lowest BCUT2D eigenvalue weighted by Crippen LogP contribution is -2.42. The summed E-state index contributed by atoms with van der Waals surface area (Å²) in [6, 6.07) is 5.32. The lowest BCUT2D eigenvalue weighted by Gasteiger charge is -2.32. The number of carbonyl (C=O) groups is 1. The number of aromatic nitrogens is 3. The fraction of sp³-hybridized carbons (Fsp3) is 0.591. The van der Waals surface area contributed by atoms with Crippen molar-refractivity contribution in [3.05, 3.63) is 34.5 Å². The summed E-state index contributed by atoms with van der Waals surface area (Å²) < 4.78 is 19.0. The third-order valence-electron chi connectivity index (χ3n) is 6.02. The largest absolute Gasteiger partial charge is 0.493 e. The van der Waals surface area contributed by atoms with E-state index in [0.717, 1.165) is 31.5 Å². The highest BCUT2D eigenvalue weighted by Gasteiger charge is 2.35. The van der Waals surface area contributed by atoms with Gasteiger partial charge in [0.25, 0.3) is 0 Å². The minimum Gasteiger partial charge on any atom is -0.493 e. The molecule has 2 fully saturated rings. The van der Waals surface area contributed by atoms with Crippen molar-refractivity contribution in [3.8, 4) is 11.5 Å². The van der Waals surface area contributed by atoms with Crippen LogP contribution in [0.15, 0.2) is 23.0 Å². The molecule has 10 heteroatoms. The standard InChI is InChI=1S/C22H31N5O5/c1-30-12-11-26-22(29)27(17-7-8-17)20(24-26)15-5-4-10-25(14-15)21(28)23-16-6-9-18(31-2)19(13-16)32-3/h6,9,13,15,17H,4-5,7-8,10-12,14H2,1-3H3,(H,23,28). The Hall–Kier alpha value is -3.01. The van der Waals surface area contributed by atoms with Crippen molar-refractivity contribution in [2.24, 2.45) is 0 Å². The fourth-order valence-corrected chi connectivity index (χ4v) is 4.20. The lowest BCUT2D eigenvalue weighted by molar-refractivity contribution is 0.181. The van der Waals surface area contributed by atoms with Gasteiger partial charge in [0.2, 0.25) is 0 Å². The topological polar surface area (TPSA) is 99.8 Å². The van der Waals surface area contributed by atoms with Gasteiger partial charge in [-0.1, -0.05) is 0 Å². The molecule has 2 aliphatic rings. The van der Waals surface area contributed by atoms with Crippen molar-refractivity contribution in [2.45, 2.75) is 44.2 Å². The van der Waals surface area contributed by atoms with Crippen molar-refractivity contribution in [1.82, 2.24) is 19.2 Å². The molecule has 1 aliphatic heterocycles. The number of ether oxygens (including phenoxy) is 3. The van der Waals surface area contributed by atoms with E-state index in [1.165, 1.54) is 4.68 Å². The molecule has 1 unspecified atom stereocenters. The Morgan fingerprint density at radius 1 is 1.16 bits per heavy atom. The highest BCUT2D eigenvalue weighted by atomic mass is 16.5. The highest BCUT2D eigenvalue weighted by Crippen LogP contribution is 2.37. The molecular formula is C22H31N5O5. The van der Waals surface area contributed by atoms with Gasteiger partial charge in [-0.15, -0.1) is 0 Å². The van der Waals surface area contributed by atoms with E-state index >= 15 is 0 Å². The number of rotatable bonds is 8. The van der Waals surface area contributed by atoms with E-state index in [0.29, 0.717) is 43.4 Å². The summed E-state index contributed by atoms with van der Waals surface area (Å²) in [4.78, 5) is 27.6. The van der Waals surface area contributed by atoms with Gasteiger partial charge < -0.3 is 24.4 Å². The second-order valence-electron chi connectivity index (χ2n) is 8.24. The first-order chi connectivity index (χ1) is 15.5. The molecule has 1 saturated carbocycles. The number of benzene rings is 1. The number of methoxy groups -OCH3 is 3. The van der Waals surface area contributed by atoms with Crippen molar-refractivity contribution >= 4 is 11.7 Å². The van der Waals surface area contributed by atoms with Crippen molar-refractivity contribution in [3.63, 3.8) is 0 Å². The van der Waals surface area contributed by atoms with Crippen LogP contribution >= 0.6 is 0 Å². The number of amides is 2. The quantitative estimate of drug-likeness (QED) is 0.670.